The summed E-state index contributed by atoms with van der Waals surface area (Å²) in [6.07, 6.45) is 2.27. The van der Waals surface area contributed by atoms with E-state index in [1.165, 1.54) is 0 Å². The number of hydrazine groups is 1. The summed E-state index contributed by atoms with van der Waals surface area (Å²) in [5, 5.41) is 0. The first-order valence-electron chi connectivity index (χ1n) is 5.39. The Balaban J connectivity index is 2.56. The monoisotopic (exact) mass is 225 g/mol. The summed E-state index contributed by atoms with van der Waals surface area (Å²) in [5.74, 6) is 6.78. The Bertz CT molecular complexity index is 331. The van der Waals surface area contributed by atoms with Gasteiger partial charge in [-0.25, -0.2) is 5.84 Å². The van der Waals surface area contributed by atoms with Gasteiger partial charge in [-0.15, -0.1) is 0 Å². The molecule has 90 valence electrons. The highest BCUT2D eigenvalue weighted by molar-refractivity contribution is 5.41. The lowest BCUT2D eigenvalue weighted by Gasteiger charge is -2.12. The number of anilines is 2. The minimum absolute atomic E-state index is 0.147. The minimum atomic E-state index is 0.147. The number of nitrogen functional groups attached to an aromatic ring is 2. The molecule has 0 amide bonds. The van der Waals surface area contributed by atoms with Crippen LogP contribution in [-0.4, -0.2) is 16.6 Å². The van der Waals surface area contributed by atoms with Gasteiger partial charge in [-0.05, 0) is 12.3 Å². The summed E-state index contributed by atoms with van der Waals surface area (Å²) in [5.41, 5.74) is 7.91. The van der Waals surface area contributed by atoms with Crippen molar-refractivity contribution >= 4 is 11.8 Å². The number of hydrogen-bond acceptors (Lipinski definition) is 6. The average Bonchev–Trinajstić information content (AvgIpc) is 2.26. The van der Waals surface area contributed by atoms with Gasteiger partial charge in [-0.2, -0.15) is 9.97 Å². The smallest absolute Gasteiger partial charge is 0.225 e. The van der Waals surface area contributed by atoms with E-state index >= 15 is 0 Å². The highest BCUT2D eigenvalue weighted by Gasteiger charge is 2.05. The van der Waals surface area contributed by atoms with Gasteiger partial charge in [0.2, 0.25) is 11.8 Å². The van der Waals surface area contributed by atoms with Gasteiger partial charge in [0.1, 0.15) is 5.82 Å². The van der Waals surface area contributed by atoms with Crippen molar-refractivity contribution < 1.29 is 4.74 Å². The molecule has 1 aromatic heterocycles. The maximum absolute atomic E-state index is 5.52. The minimum Gasteiger partial charge on any atom is -0.477 e. The second-order valence-corrected chi connectivity index (χ2v) is 3.80. The van der Waals surface area contributed by atoms with E-state index in [-0.39, 0.29) is 5.95 Å². The van der Waals surface area contributed by atoms with E-state index in [0.717, 1.165) is 12.8 Å². The molecular weight excluding hydrogens is 206 g/mol. The maximum Gasteiger partial charge on any atom is 0.225 e. The van der Waals surface area contributed by atoms with E-state index in [1.807, 2.05) is 0 Å². The van der Waals surface area contributed by atoms with Crippen molar-refractivity contribution in [2.24, 2.45) is 11.8 Å². The van der Waals surface area contributed by atoms with Gasteiger partial charge in [0.05, 0.1) is 6.61 Å². The van der Waals surface area contributed by atoms with Crippen molar-refractivity contribution in [1.82, 2.24) is 9.97 Å². The number of nitrogens with one attached hydrogen (secondary N) is 1. The predicted octanol–water partition coefficient (Wildman–Crippen LogP) is 1.16. The van der Waals surface area contributed by atoms with E-state index in [0.29, 0.717) is 24.2 Å². The number of nitrogens with zero attached hydrogens (tertiary/aromatic N) is 2. The predicted molar refractivity (Wildman–Crippen MR) is 63.8 cm³/mol. The van der Waals surface area contributed by atoms with Crippen LogP contribution in [0.15, 0.2) is 6.07 Å². The van der Waals surface area contributed by atoms with Crippen LogP contribution in [0.3, 0.4) is 0 Å². The van der Waals surface area contributed by atoms with Gasteiger partial charge >= 0.3 is 0 Å². The van der Waals surface area contributed by atoms with Gasteiger partial charge in [-0.3, -0.25) is 0 Å². The molecule has 5 N–H and O–H groups in total. The molecule has 0 fully saturated rings. The molecule has 1 rings (SSSR count). The van der Waals surface area contributed by atoms with Crippen molar-refractivity contribution in [3.8, 4) is 5.88 Å². The van der Waals surface area contributed by atoms with Gasteiger partial charge in [0.15, 0.2) is 0 Å². The zero-order valence-corrected chi connectivity index (χ0v) is 9.73. The van der Waals surface area contributed by atoms with Crippen LogP contribution in [0.1, 0.15) is 26.7 Å². The molecule has 0 radical (unpaired) electrons. The molecular formula is C10H19N5O. The molecule has 0 aliphatic heterocycles. The normalized spacial score (nSPS) is 12.2. The van der Waals surface area contributed by atoms with E-state index in [2.05, 4.69) is 29.2 Å². The molecule has 0 spiro atoms. The van der Waals surface area contributed by atoms with Crippen molar-refractivity contribution in [2.75, 3.05) is 17.8 Å². The lowest BCUT2D eigenvalue weighted by Crippen LogP contribution is -2.13. The van der Waals surface area contributed by atoms with E-state index in [4.69, 9.17) is 16.3 Å². The number of ether oxygens (including phenoxy) is 1. The second-order valence-electron chi connectivity index (χ2n) is 3.80. The summed E-state index contributed by atoms with van der Waals surface area (Å²) in [4.78, 5) is 7.83. The van der Waals surface area contributed by atoms with Crippen LogP contribution in [0.25, 0.3) is 0 Å². The molecule has 0 aliphatic rings. The fourth-order valence-corrected chi connectivity index (χ4v) is 1.39. The van der Waals surface area contributed by atoms with E-state index in [1.54, 1.807) is 6.07 Å². The molecule has 1 heterocycles. The first kappa shape index (κ1) is 12.5. The number of rotatable bonds is 6. The third-order valence-electron chi connectivity index (χ3n) is 2.17. The van der Waals surface area contributed by atoms with Gasteiger partial charge in [0.25, 0.3) is 0 Å². The Hall–Kier alpha value is -1.56. The second kappa shape index (κ2) is 6.12. The zero-order chi connectivity index (χ0) is 12.0. The molecule has 1 aromatic rings. The lowest BCUT2D eigenvalue weighted by molar-refractivity contribution is 0.243. The lowest BCUT2D eigenvalue weighted by atomic mass is 10.1. The Morgan fingerprint density at radius 2 is 2.25 bits per heavy atom. The van der Waals surface area contributed by atoms with Crippen molar-refractivity contribution in [3.05, 3.63) is 6.07 Å². The Labute approximate surface area is 95.4 Å². The summed E-state index contributed by atoms with van der Waals surface area (Å²) < 4.78 is 5.52. The molecule has 0 aliphatic carbocycles. The molecule has 0 saturated carbocycles. The van der Waals surface area contributed by atoms with E-state index in [9.17, 15) is 0 Å². The average molecular weight is 225 g/mol. The molecule has 16 heavy (non-hydrogen) atoms. The number of aromatic nitrogens is 2. The third-order valence-corrected chi connectivity index (χ3v) is 2.17. The molecule has 1 atom stereocenters. The van der Waals surface area contributed by atoms with Crippen molar-refractivity contribution in [1.29, 1.82) is 0 Å². The Morgan fingerprint density at radius 3 is 2.88 bits per heavy atom. The molecule has 0 bridgehead atoms. The number of nitrogens with two attached hydrogens (primary N) is 2. The molecule has 1 unspecified atom stereocenters. The van der Waals surface area contributed by atoms with Gasteiger partial charge < -0.3 is 15.9 Å². The maximum atomic E-state index is 5.52. The fourth-order valence-electron chi connectivity index (χ4n) is 1.39. The largest absolute Gasteiger partial charge is 0.477 e. The summed E-state index contributed by atoms with van der Waals surface area (Å²) in [6, 6.07) is 1.62. The Morgan fingerprint density at radius 1 is 1.50 bits per heavy atom. The van der Waals surface area contributed by atoms with Crippen LogP contribution < -0.4 is 21.7 Å². The quantitative estimate of drug-likeness (QED) is 0.496. The van der Waals surface area contributed by atoms with Gasteiger partial charge in [0, 0.05) is 6.07 Å². The van der Waals surface area contributed by atoms with Crippen molar-refractivity contribution in [2.45, 2.75) is 26.7 Å². The summed E-state index contributed by atoms with van der Waals surface area (Å²) in [7, 11) is 0. The van der Waals surface area contributed by atoms with Crippen LogP contribution in [-0.2, 0) is 0 Å². The first-order valence-corrected chi connectivity index (χ1v) is 5.39. The van der Waals surface area contributed by atoms with E-state index < -0.39 is 0 Å². The SMILES string of the molecule is CCCC(C)COc1cc(NN)nc(N)n1. The van der Waals surface area contributed by atoms with Crippen LogP contribution in [0.4, 0.5) is 11.8 Å². The van der Waals surface area contributed by atoms with Crippen LogP contribution in [0.5, 0.6) is 5.88 Å². The third kappa shape index (κ3) is 3.90. The molecule has 0 saturated heterocycles. The number of hydrogen-bond donors (Lipinski definition) is 3. The first-order chi connectivity index (χ1) is 7.65. The molecule has 6 heteroatoms. The highest BCUT2D eigenvalue weighted by atomic mass is 16.5. The van der Waals surface area contributed by atoms with Crippen LogP contribution >= 0.6 is 0 Å². The van der Waals surface area contributed by atoms with Gasteiger partial charge in [-0.1, -0.05) is 20.3 Å². The molecule has 6 nitrogen and oxygen atoms in total. The molecule has 0 aromatic carbocycles. The zero-order valence-electron chi connectivity index (χ0n) is 9.73. The van der Waals surface area contributed by atoms with Crippen LogP contribution in [0.2, 0.25) is 0 Å². The summed E-state index contributed by atoms with van der Waals surface area (Å²) >= 11 is 0. The Kier molecular flexibility index (Phi) is 4.78. The topological polar surface area (TPSA) is 99.1 Å². The standard InChI is InChI=1S/C10H19N5O/c1-3-4-7(2)6-16-9-5-8(15-12)13-10(11)14-9/h5,7H,3-4,6,12H2,1-2H3,(H3,11,13,14,15). The van der Waals surface area contributed by atoms with Crippen LogP contribution in [0, 0.1) is 5.92 Å². The summed E-state index contributed by atoms with van der Waals surface area (Å²) in [6.45, 7) is 4.90. The highest BCUT2D eigenvalue weighted by Crippen LogP contribution is 2.15. The van der Waals surface area contributed by atoms with Crippen molar-refractivity contribution in [3.63, 3.8) is 0 Å². The fraction of sp³-hybridized carbons (Fsp3) is 0.600.